The van der Waals surface area contributed by atoms with Crippen molar-refractivity contribution >= 4 is 15.9 Å². The van der Waals surface area contributed by atoms with Crippen molar-refractivity contribution in [3.8, 4) is 0 Å². The maximum Gasteiger partial charge on any atom is 0.405 e. The lowest BCUT2D eigenvalue weighted by Gasteiger charge is -2.14. The Kier molecular flexibility index (Phi) is 4.69. The molecule has 0 spiro atoms. The monoisotopic (exact) mass is 273 g/mol. The van der Waals surface area contributed by atoms with Gasteiger partial charge < -0.3 is 15.5 Å². The topological polar surface area (TPSA) is 104 Å². The molecule has 7 heteroatoms. The van der Waals surface area contributed by atoms with Crippen LogP contribution in [-0.2, 0) is 9.84 Å². The summed E-state index contributed by atoms with van der Waals surface area (Å²) in [5.41, 5.74) is 0.509. The molecule has 0 aromatic heterocycles. The Morgan fingerprint density at radius 3 is 2.28 bits per heavy atom. The van der Waals surface area contributed by atoms with Crippen molar-refractivity contribution in [2.45, 2.75) is 17.9 Å². The first-order valence-corrected chi connectivity index (χ1v) is 6.99. The van der Waals surface area contributed by atoms with Gasteiger partial charge in [-0.15, -0.1) is 0 Å². The fourth-order valence-corrected chi connectivity index (χ4v) is 2.34. The van der Waals surface area contributed by atoms with Gasteiger partial charge in [0.2, 0.25) is 0 Å². The van der Waals surface area contributed by atoms with Crippen molar-refractivity contribution in [1.29, 1.82) is 0 Å². The quantitative estimate of drug-likeness (QED) is 0.735. The highest BCUT2D eigenvalue weighted by atomic mass is 32.2. The molecule has 100 valence electrons. The van der Waals surface area contributed by atoms with Gasteiger partial charge in [0.25, 0.3) is 0 Å². The first-order chi connectivity index (χ1) is 8.40. The van der Waals surface area contributed by atoms with E-state index in [-0.39, 0.29) is 10.6 Å². The molecule has 1 aromatic carbocycles. The van der Waals surface area contributed by atoms with Gasteiger partial charge in [0.05, 0.1) is 23.3 Å². The normalized spacial score (nSPS) is 13.0. The van der Waals surface area contributed by atoms with E-state index in [1.807, 2.05) is 0 Å². The van der Waals surface area contributed by atoms with Crippen LogP contribution in [0, 0.1) is 0 Å². The fourth-order valence-electron chi connectivity index (χ4n) is 1.46. The van der Waals surface area contributed by atoms with Crippen LogP contribution in [0.15, 0.2) is 29.2 Å². The average molecular weight is 273 g/mol. The summed E-state index contributed by atoms with van der Waals surface area (Å²) >= 11 is 0. The smallest absolute Gasteiger partial charge is 0.405 e. The summed E-state index contributed by atoms with van der Waals surface area (Å²) in [7, 11) is -3.27. The van der Waals surface area contributed by atoms with E-state index in [0.717, 1.165) is 0 Å². The standard InChI is InChI=1S/C11H15NO5S/c1-2-18(16,17)9-5-3-8(4-6-9)10(7-13)12-11(14)15/h3-6,10,12-13H,2,7H2,1H3,(H,14,15)/t10-/m0/s1. The van der Waals surface area contributed by atoms with Crippen molar-refractivity contribution in [2.75, 3.05) is 12.4 Å². The van der Waals surface area contributed by atoms with Crippen molar-refractivity contribution in [1.82, 2.24) is 5.32 Å². The predicted molar refractivity (Wildman–Crippen MR) is 65.2 cm³/mol. The maximum absolute atomic E-state index is 11.6. The number of nitrogens with one attached hydrogen (secondary N) is 1. The number of hydrogen-bond donors (Lipinski definition) is 3. The second-order valence-corrected chi connectivity index (χ2v) is 5.94. The minimum Gasteiger partial charge on any atom is -0.465 e. The zero-order valence-electron chi connectivity index (χ0n) is 9.83. The molecule has 6 nitrogen and oxygen atoms in total. The van der Waals surface area contributed by atoms with Crippen LogP contribution in [-0.4, -0.2) is 37.1 Å². The van der Waals surface area contributed by atoms with Crippen LogP contribution in [0.2, 0.25) is 0 Å². The largest absolute Gasteiger partial charge is 0.465 e. The van der Waals surface area contributed by atoms with Gasteiger partial charge in [-0.1, -0.05) is 19.1 Å². The summed E-state index contributed by atoms with van der Waals surface area (Å²) in [5.74, 6) is 0.00313. The molecule has 0 heterocycles. The molecule has 1 rings (SSSR count). The molecule has 0 aliphatic heterocycles. The molecule has 0 radical (unpaired) electrons. The molecule has 0 saturated heterocycles. The van der Waals surface area contributed by atoms with Crippen LogP contribution < -0.4 is 5.32 Å². The van der Waals surface area contributed by atoms with Gasteiger partial charge in [-0.05, 0) is 17.7 Å². The van der Waals surface area contributed by atoms with Crippen LogP contribution >= 0.6 is 0 Å². The molecule has 3 N–H and O–H groups in total. The molecule has 1 amide bonds. The Balaban J connectivity index is 2.98. The van der Waals surface area contributed by atoms with E-state index in [0.29, 0.717) is 5.56 Å². The molecule has 0 aliphatic carbocycles. The number of aliphatic hydroxyl groups excluding tert-OH is 1. The summed E-state index contributed by atoms with van der Waals surface area (Å²) in [4.78, 5) is 10.7. The molecule has 0 fully saturated rings. The highest BCUT2D eigenvalue weighted by Crippen LogP contribution is 2.17. The lowest BCUT2D eigenvalue weighted by atomic mass is 10.1. The van der Waals surface area contributed by atoms with Crippen LogP contribution in [0.25, 0.3) is 0 Å². The van der Waals surface area contributed by atoms with E-state index >= 15 is 0 Å². The third kappa shape index (κ3) is 3.44. The minimum absolute atomic E-state index is 0.00313. The molecular weight excluding hydrogens is 258 g/mol. The van der Waals surface area contributed by atoms with E-state index in [9.17, 15) is 13.2 Å². The zero-order chi connectivity index (χ0) is 13.8. The van der Waals surface area contributed by atoms with Gasteiger partial charge in [-0.2, -0.15) is 0 Å². The number of carboxylic acid groups (broad SMARTS) is 1. The molecule has 0 bridgehead atoms. The molecule has 0 unspecified atom stereocenters. The Morgan fingerprint density at radius 2 is 1.89 bits per heavy atom. The van der Waals surface area contributed by atoms with E-state index in [1.165, 1.54) is 24.3 Å². The average Bonchev–Trinajstić information content (AvgIpc) is 2.36. The number of carbonyl (C=O) groups is 1. The zero-order valence-corrected chi connectivity index (χ0v) is 10.6. The van der Waals surface area contributed by atoms with Crippen LogP contribution in [0.3, 0.4) is 0 Å². The fraction of sp³-hybridized carbons (Fsp3) is 0.364. The van der Waals surface area contributed by atoms with Crippen molar-refractivity contribution in [3.05, 3.63) is 29.8 Å². The van der Waals surface area contributed by atoms with Crippen molar-refractivity contribution in [3.63, 3.8) is 0 Å². The third-order valence-electron chi connectivity index (χ3n) is 2.50. The second kappa shape index (κ2) is 5.83. The Bertz CT molecular complexity index is 509. The Hall–Kier alpha value is -1.60. The molecule has 1 atom stereocenters. The summed E-state index contributed by atoms with van der Waals surface area (Å²) < 4.78 is 23.1. The summed E-state index contributed by atoms with van der Waals surface area (Å²) in [5, 5.41) is 19.8. The number of aliphatic hydroxyl groups is 1. The number of benzene rings is 1. The SMILES string of the molecule is CCS(=O)(=O)c1ccc([C@H](CO)NC(=O)O)cc1. The number of sulfone groups is 1. The highest BCUT2D eigenvalue weighted by Gasteiger charge is 2.15. The van der Waals surface area contributed by atoms with Gasteiger partial charge in [-0.25, -0.2) is 13.2 Å². The van der Waals surface area contributed by atoms with Crippen LogP contribution in [0.4, 0.5) is 4.79 Å². The molecule has 0 aliphatic rings. The van der Waals surface area contributed by atoms with Gasteiger partial charge in [0.1, 0.15) is 0 Å². The number of hydrogen-bond acceptors (Lipinski definition) is 4. The van der Waals surface area contributed by atoms with E-state index in [4.69, 9.17) is 10.2 Å². The van der Waals surface area contributed by atoms with E-state index < -0.39 is 28.6 Å². The second-order valence-electron chi connectivity index (χ2n) is 3.66. The van der Waals surface area contributed by atoms with Gasteiger partial charge in [0.15, 0.2) is 9.84 Å². The lowest BCUT2D eigenvalue weighted by Crippen LogP contribution is -2.29. The van der Waals surface area contributed by atoms with Crippen LogP contribution in [0.5, 0.6) is 0 Å². The lowest BCUT2D eigenvalue weighted by molar-refractivity contribution is 0.177. The maximum atomic E-state index is 11.6. The highest BCUT2D eigenvalue weighted by molar-refractivity contribution is 7.91. The first kappa shape index (κ1) is 14.5. The molecule has 0 saturated carbocycles. The summed E-state index contributed by atoms with van der Waals surface area (Å²) in [6.07, 6.45) is -1.25. The molecule has 1 aromatic rings. The number of amides is 1. The van der Waals surface area contributed by atoms with E-state index in [1.54, 1.807) is 6.92 Å². The first-order valence-electron chi connectivity index (χ1n) is 5.33. The third-order valence-corrected chi connectivity index (χ3v) is 4.25. The molecule has 18 heavy (non-hydrogen) atoms. The summed E-state index contributed by atoms with van der Waals surface area (Å²) in [6, 6.07) is 5.01. The summed E-state index contributed by atoms with van der Waals surface area (Å²) in [6.45, 7) is 1.15. The molecular formula is C11H15NO5S. The Morgan fingerprint density at radius 1 is 1.33 bits per heavy atom. The van der Waals surface area contributed by atoms with Crippen LogP contribution in [0.1, 0.15) is 18.5 Å². The van der Waals surface area contributed by atoms with Gasteiger partial charge in [0, 0.05) is 0 Å². The predicted octanol–water partition coefficient (Wildman–Crippen LogP) is 0.781. The van der Waals surface area contributed by atoms with Gasteiger partial charge >= 0.3 is 6.09 Å². The van der Waals surface area contributed by atoms with Gasteiger partial charge in [-0.3, -0.25) is 0 Å². The van der Waals surface area contributed by atoms with E-state index in [2.05, 4.69) is 5.32 Å². The number of rotatable bonds is 5. The Labute approximate surface area is 105 Å². The minimum atomic E-state index is -3.27. The van der Waals surface area contributed by atoms with Crippen molar-refractivity contribution < 1.29 is 23.4 Å². The van der Waals surface area contributed by atoms with Crippen molar-refractivity contribution in [2.24, 2.45) is 0 Å².